The second-order valence-electron chi connectivity index (χ2n) is 5.27. The van der Waals surface area contributed by atoms with Crippen LogP contribution in [0.1, 0.15) is 21.7 Å². The number of hydrogen-bond donors (Lipinski definition) is 2. The predicted octanol–water partition coefficient (Wildman–Crippen LogP) is 4.65. The fraction of sp³-hybridized carbons (Fsp3) is 0.0526. The summed E-state index contributed by atoms with van der Waals surface area (Å²) in [7, 11) is 0. The minimum absolute atomic E-state index is 0.126. The predicted molar refractivity (Wildman–Crippen MR) is 103 cm³/mol. The topological polar surface area (TPSA) is 54.3 Å². The van der Waals surface area contributed by atoms with Crippen LogP contribution in [-0.2, 0) is 6.54 Å². The van der Waals surface area contributed by atoms with Crippen LogP contribution in [0.3, 0.4) is 0 Å². The van der Waals surface area contributed by atoms with Crippen molar-refractivity contribution in [1.29, 1.82) is 0 Å². The van der Waals surface area contributed by atoms with Crippen LogP contribution in [0.25, 0.3) is 0 Å². The Labute approximate surface area is 155 Å². The molecule has 0 radical (unpaired) electrons. The number of ketones is 1. The second-order valence-corrected chi connectivity index (χ2v) is 6.12. The van der Waals surface area contributed by atoms with E-state index in [-0.39, 0.29) is 5.78 Å². The Kier molecular flexibility index (Phi) is 5.48. The molecule has 0 aliphatic carbocycles. The van der Waals surface area contributed by atoms with E-state index in [9.17, 15) is 4.79 Å². The fourth-order valence-corrected chi connectivity index (χ4v) is 2.66. The van der Waals surface area contributed by atoms with E-state index in [1.807, 2.05) is 30.3 Å². The first-order chi connectivity index (χ1) is 12.1. The molecule has 6 heteroatoms. The zero-order chi connectivity index (χ0) is 17.6. The Bertz CT molecular complexity index is 880. The molecule has 2 N–H and O–H groups in total. The van der Waals surface area contributed by atoms with E-state index in [1.54, 1.807) is 36.6 Å². The summed E-state index contributed by atoms with van der Waals surface area (Å²) >= 11 is 11.4. The van der Waals surface area contributed by atoms with E-state index < -0.39 is 0 Å². The molecule has 0 aliphatic heterocycles. The van der Waals surface area contributed by atoms with Gasteiger partial charge in [0.2, 0.25) is 0 Å². The van der Waals surface area contributed by atoms with Crippen molar-refractivity contribution in [3.05, 3.63) is 88.8 Å². The smallest absolute Gasteiger partial charge is 0.195 e. The summed E-state index contributed by atoms with van der Waals surface area (Å²) in [6.07, 6.45) is 1.60. The van der Waals surface area contributed by atoms with Crippen molar-refractivity contribution in [3.63, 3.8) is 0 Å². The maximum atomic E-state index is 12.8. The van der Waals surface area contributed by atoms with Gasteiger partial charge < -0.3 is 15.1 Å². The quantitative estimate of drug-likeness (QED) is 0.505. The van der Waals surface area contributed by atoms with Gasteiger partial charge in [0.15, 0.2) is 10.9 Å². The molecule has 0 saturated heterocycles. The molecule has 3 rings (SSSR count). The summed E-state index contributed by atoms with van der Waals surface area (Å²) in [5.74, 6) is 0.639. The van der Waals surface area contributed by atoms with Gasteiger partial charge in [-0.1, -0.05) is 41.9 Å². The lowest BCUT2D eigenvalue weighted by atomic mass is 10.0. The highest BCUT2D eigenvalue weighted by Gasteiger charge is 2.15. The van der Waals surface area contributed by atoms with Crippen molar-refractivity contribution in [1.82, 2.24) is 5.32 Å². The lowest BCUT2D eigenvalue weighted by Gasteiger charge is -2.13. The molecule has 0 unspecified atom stereocenters. The largest absolute Gasteiger partial charge is 0.467 e. The van der Waals surface area contributed by atoms with Crippen LogP contribution in [0.2, 0.25) is 5.02 Å². The molecule has 126 valence electrons. The summed E-state index contributed by atoms with van der Waals surface area (Å²) in [6, 6.07) is 17.8. The minimum Gasteiger partial charge on any atom is -0.467 e. The van der Waals surface area contributed by atoms with E-state index in [1.165, 1.54) is 0 Å². The third-order valence-corrected chi connectivity index (χ3v) is 4.00. The number of anilines is 1. The van der Waals surface area contributed by atoms with Gasteiger partial charge in [-0.15, -0.1) is 0 Å². The fourth-order valence-electron chi connectivity index (χ4n) is 2.31. The van der Waals surface area contributed by atoms with Crippen LogP contribution in [-0.4, -0.2) is 10.9 Å². The molecular weight excluding hydrogens is 356 g/mol. The van der Waals surface area contributed by atoms with Gasteiger partial charge in [0.1, 0.15) is 5.76 Å². The summed E-state index contributed by atoms with van der Waals surface area (Å²) in [5.41, 5.74) is 1.64. The SMILES string of the molecule is O=C(c1ccccc1)c1cc(Cl)ccc1NC(=S)NCc1ccco1. The number of carbonyl (C=O) groups excluding carboxylic acids is 1. The Morgan fingerprint density at radius 3 is 2.60 bits per heavy atom. The molecule has 1 heterocycles. The molecule has 3 aromatic rings. The third-order valence-electron chi connectivity index (χ3n) is 3.51. The lowest BCUT2D eigenvalue weighted by molar-refractivity contribution is 0.103. The highest BCUT2D eigenvalue weighted by Crippen LogP contribution is 2.23. The average molecular weight is 371 g/mol. The van der Waals surface area contributed by atoms with Gasteiger partial charge in [-0.05, 0) is 42.5 Å². The minimum atomic E-state index is -0.126. The summed E-state index contributed by atoms with van der Waals surface area (Å²) in [6.45, 7) is 0.453. The highest BCUT2D eigenvalue weighted by molar-refractivity contribution is 7.80. The van der Waals surface area contributed by atoms with Gasteiger partial charge in [0.05, 0.1) is 18.5 Å². The van der Waals surface area contributed by atoms with Crippen molar-refractivity contribution in [2.75, 3.05) is 5.32 Å². The van der Waals surface area contributed by atoms with Gasteiger partial charge in [0.25, 0.3) is 0 Å². The van der Waals surface area contributed by atoms with Gasteiger partial charge >= 0.3 is 0 Å². The molecule has 0 fully saturated rings. The number of thiocarbonyl (C=S) groups is 1. The zero-order valence-electron chi connectivity index (χ0n) is 13.2. The molecule has 0 amide bonds. The Balaban J connectivity index is 1.77. The van der Waals surface area contributed by atoms with Crippen LogP contribution in [0, 0.1) is 0 Å². The number of benzene rings is 2. The normalized spacial score (nSPS) is 10.3. The van der Waals surface area contributed by atoms with Gasteiger partial charge in [0, 0.05) is 16.1 Å². The third kappa shape index (κ3) is 4.47. The molecule has 0 spiro atoms. The van der Waals surface area contributed by atoms with Crippen molar-refractivity contribution >= 4 is 40.4 Å². The van der Waals surface area contributed by atoms with Crippen LogP contribution in [0.15, 0.2) is 71.3 Å². The molecular formula is C19H15ClN2O2S. The number of furan rings is 1. The Hall–Kier alpha value is -2.63. The van der Waals surface area contributed by atoms with Crippen molar-refractivity contribution < 1.29 is 9.21 Å². The first kappa shape index (κ1) is 17.2. The van der Waals surface area contributed by atoms with Crippen molar-refractivity contribution in [2.45, 2.75) is 6.54 Å². The molecule has 0 saturated carbocycles. The Morgan fingerprint density at radius 1 is 1.08 bits per heavy atom. The van der Waals surface area contributed by atoms with Crippen LogP contribution < -0.4 is 10.6 Å². The highest BCUT2D eigenvalue weighted by atomic mass is 35.5. The standard InChI is InChI=1S/C19H15ClN2O2S/c20-14-8-9-17(22-19(25)21-12-15-7-4-10-24-15)16(11-14)18(23)13-5-2-1-3-6-13/h1-11H,12H2,(H2,21,22,25). The Morgan fingerprint density at radius 2 is 1.88 bits per heavy atom. The maximum absolute atomic E-state index is 12.8. The van der Waals surface area contributed by atoms with E-state index in [0.29, 0.717) is 33.5 Å². The molecule has 2 aromatic carbocycles. The van der Waals surface area contributed by atoms with E-state index in [4.69, 9.17) is 28.2 Å². The number of nitrogens with one attached hydrogen (secondary N) is 2. The van der Waals surface area contributed by atoms with E-state index in [2.05, 4.69) is 10.6 Å². The molecule has 0 bridgehead atoms. The lowest BCUT2D eigenvalue weighted by Crippen LogP contribution is -2.28. The van der Waals surface area contributed by atoms with Gasteiger partial charge in [-0.2, -0.15) is 0 Å². The number of hydrogen-bond acceptors (Lipinski definition) is 3. The summed E-state index contributed by atoms with van der Waals surface area (Å²) < 4.78 is 5.25. The molecule has 25 heavy (non-hydrogen) atoms. The first-order valence-corrected chi connectivity index (χ1v) is 8.38. The van der Waals surface area contributed by atoms with Crippen molar-refractivity contribution in [2.24, 2.45) is 0 Å². The van der Waals surface area contributed by atoms with E-state index >= 15 is 0 Å². The van der Waals surface area contributed by atoms with Gasteiger partial charge in [-0.3, -0.25) is 4.79 Å². The zero-order valence-corrected chi connectivity index (χ0v) is 14.7. The molecule has 4 nitrogen and oxygen atoms in total. The number of carbonyl (C=O) groups is 1. The molecule has 0 atom stereocenters. The van der Waals surface area contributed by atoms with E-state index in [0.717, 1.165) is 5.76 Å². The molecule has 0 aliphatic rings. The monoisotopic (exact) mass is 370 g/mol. The van der Waals surface area contributed by atoms with Gasteiger partial charge in [-0.25, -0.2) is 0 Å². The van der Waals surface area contributed by atoms with Crippen LogP contribution in [0.5, 0.6) is 0 Å². The first-order valence-electron chi connectivity index (χ1n) is 7.60. The number of rotatable bonds is 5. The summed E-state index contributed by atoms with van der Waals surface area (Å²) in [4.78, 5) is 12.8. The van der Waals surface area contributed by atoms with Crippen molar-refractivity contribution in [3.8, 4) is 0 Å². The average Bonchev–Trinajstić information content (AvgIpc) is 3.15. The van der Waals surface area contributed by atoms with Crippen LogP contribution >= 0.6 is 23.8 Å². The summed E-state index contributed by atoms with van der Waals surface area (Å²) in [5, 5.41) is 6.96. The molecule has 1 aromatic heterocycles. The second kappa shape index (κ2) is 7.96. The number of halogens is 1. The van der Waals surface area contributed by atoms with Crippen LogP contribution in [0.4, 0.5) is 5.69 Å². The maximum Gasteiger partial charge on any atom is 0.195 e.